The molecule has 0 aliphatic rings. The van der Waals surface area contributed by atoms with Crippen LogP contribution < -0.4 is 0 Å². The summed E-state index contributed by atoms with van der Waals surface area (Å²) in [5, 5.41) is 9.95. The van der Waals surface area contributed by atoms with Gasteiger partial charge in [-0.3, -0.25) is 0 Å². The zero-order valence-corrected chi connectivity index (χ0v) is 8.61. The van der Waals surface area contributed by atoms with Crippen LogP contribution in [0.1, 0.15) is 18.6 Å². The molecule has 0 heterocycles. The molecule has 1 aromatic rings. The fraction of sp³-hybridized carbons (Fsp3) is 0.455. The Morgan fingerprint density at radius 3 is 2.47 bits per heavy atom. The van der Waals surface area contributed by atoms with Crippen molar-refractivity contribution in [1.82, 2.24) is 5.12 Å². The van der Waals surface area contributed by atoms with E-state index in [4.69, 9.17) is 0 Å². The van der Waals surface area contributed by atoms with Crippen molar-refractivity contribution in [2.45, 2.75) is 19.1 Å². The van der Waals surface area contributed by atoms with Gasteiger partial charge in [-0.25, -0.2) is 4.39 Å². The van der Waals surface area contributed by atoms with Gasteiger partial charge in [0.1, 0.15) is 6.67 Å². The van der Waals surface area contributed by atoms with Gasteiger partial charge in [0, 0.05) is 0 Å². The first kappa shape index (κ1) is 12.1. The molecule has 2 unspecified atom stereocenters. The first-order valence-corrected chi connectivity index (χ1v) is 4.86. The van der Waals surface area contributed by atoms with Crippen LogP contribution in [0, 0.1) is 0 Å². The summed E-state index contributed by atoms with van der Waals surface area (Å²) >= 11 is 0. The maximum absolute atomic E-state index is 13.2. The van der Waals surface area contributed by atoms with Crippen LogP contribution in [0.25, 0.3) is 0 Å². The second-order valence-electron chi connectivity index (χ2n) is 3.51. The highest BCUT2D eigenvalue weighted by atomic mass is 19.2. The van der Waals surface area contributed by atoms with Gasteiger partial charge in [-0.05, 0) is 12.5 Å². The number of alkyl halides is 1. The number of halogens is 2. The van der Waals surface area contributed by atoms with E-state index in [9.17, 15) is 14.0 Å². The van der Waals surface area contributed by atoms with Crippen molar-refractivity contribution in [3.8, 4) is 0 Å². The minimum atomic E-state index is -0.926. The topological polar surface area (TPSA) is 23.5 Å². The molecule has 1 aromatic carbocycles. The molecule has 0 aromatic heterocycles. The highest BCUT2D eigenvalue weighted by Gasteiger charge is 2.17. The van der Waals surface area contributed by atoms with Crippen molar-refractivity contribution in [2.75, 3.05) is 13.2 Å². The number of hydrogen-bond acceptors (Lipinski definition) is 2. The minimum Gasteiger partial charge on any atom is -0.387 e. The molecule has 0 amide bonds. The number of nitrogens with zero attached hydrogens (tertiary/aromatic N) is 1. The molecule has 4 heteroatoms. The second kappa shape index (κ2) is 5.78. The Bertz CT molecular complexity index is 281. The summed E-state index contributed by atoms with van der Waals surface area (Å²) in [6, 6.07) is 7.94. The van der Waals surface area contributed by atoms with Crippen LogP contribution in [0.4, 0.5) is 8.87 Å². The van der Waals surface area contributed by atoms with Gasteiger partial charge >= 0.3 is 0 Å². The van der Waals surface area contributed by atoms with E-state index in [-0.39, 0.29) is 6.54 Å². The van der Waals surface area contributed by atoms with Crippen molar-refractivity contribution in [2.24, 2.45) is 0 Å². The van der Waals surface area contributed by atoms with Crippen molar-refractivity contribution in [3.63, 3.8) is 0 Å². The average Bonchev–Trinajstić information content (AvgIpc) is 2.29. The number of rotatable bonds is 5. The Balaban J connectivity index is 2.52. The zero-order chi connectivity index (χ0) is 11.3. The van der Waals surface area contributed by atoms with Gasteiger partial charge in [-0.15, -0.1) is 9.60 Å². The summed E-state index contributed by atoms with van der Waals surface area (Å²) < 4.78 is 25.3. The van der Waals surface area contributed by atoms with Crippen LogP contribution in [0.5, 0.6) is 0 Å². The fourth-order valence-corrected chi connectivity index (χ4v) is 1.20. The van der Waals surface area contributed by atoms with Gasteiger partial charge in [-0.1, -0.05) is 30.3 Å². The van der Waals surface area contributed by atoms with Gasteiger partial charge < -0.3 is 5.11 Å². The zero-order valence-electron chi connectivity index (χ0n) is 8.61. The van der Waals surface area contributed by atoms with Crippen LogP contribution in [0.3, 0.4) is 0 Å². The molecule has 0 bridgehead atoms. The monoisotopic (exact) mass is 215 g/mol. The van der Waals surface area contributed by atoms with E-state index in [0.717, 1.165) is 0 Å². The molecule has 0 aliphatic carbocycles. The third kappa shape index (κ3) is 3.57. The van der Waals surface area contributed by atoms with E-state index in [0.29, 0.717) is 10.7 Å². The van der Waals surface area contributed by atoms with Gasteiger partial charge in [0.15, 0.2) is 0 Å². The highest BCUT2D eigenvalue weighted by molar-refractivity contribution is 5.17. The lowest BCUT2D eigenvalue weighted by molar-refractivity contribution is -0.0564. The first-order chi connectivity index (χ1) is 7.15. The quantitative estimate of drug-likeness (QED) is 0.761. The summed E-state index contributed by atoms with van der Waals surface area (Å²) in [7, 11) is 0. The van der Waals surface area contributed by atoms with Crippen molar-refractivity contribution in [1.29, 1.82) is 0 Å². The molecule has 0 radical (unpaired) electrons. The predicted molar refractivity (Wildman–Crippen MR) is 54.7 cm³/mol. The number of aliphatic hydroxyl groups is 1. The minimum absolute atomic E-state index is 0.213. The standard InChI is InChI=1S/C11H15F2NO/c1-9(7-12)14(13)8-11(15)10-5-3-2-4-6-10/h2-6,9,11,15H,7-8H2,1H3. The number of hydrogen-bond donors (Lipinski definition) is 1. The Labute approximate surface area is 88.1 Å². The Morgan fingerprint density at radius 1 is 1.33 bits per heavy atom. The van der Waals surface area contributed by atoms with Gasteiger partial charge in [0.25, 0.3) is 0 Å². The fourth-order valence-electron chi connectivity index (χ4n) is 1.20. The molecule has 1 rings (SSSR count). The largest absolute Gasteiger partial charge is 0.387 e. The van der Waals surface area contributed by atoms with Crippen molar-refractivity contribution in [3.05, 3.63) is 35.9 Å². The molecular formula is C11H15F2NO. The summed E-state index contributed by atoms with van der Waals surface area (Å²) in [5.74, 6) is 0. The molecule has 0 fully saturated rings. The SMILES string of the molecule is CC(CF)N(F)CC(O)c1ccccc1. The Morgan fingerprint density at radius 2 is 1.93 bits per heavy atom. The summed E-state index contributed by atoms with van der Waals surface area (Å²) in [6.45, 7) is 0.449. The van der Waals surface area contributed by atoms with E-state index in [1.165, 1.54) is 6.92 Å². The van der Waals surface area contributed by atoms with Crippen molar-refractivity contribution >= 4 is 0 Å². The van der Waals surface area contributed by atoms with Crippen LogP contribution in [0.2, 0.25) is 0 Å². The van der Waals surface area contributed by atoms with E-state index in [2.05, 4.69) is 0 Å². The van der Waals surface area contributed by atoms with Crippen LogP contribution in [-0.2, 0) is 0 Å². The van der Waals surface area contributed by atoms with Gasteiger partial charge in [-0.2, -0.15) is 0 Å². The first-order valence-electron chi connectivity index (χ1n) is 4.86. The Kier molecular flexibility index (Phi) is 4.65. The molecule has 84 valence electrons. The van der Waals surface area contributed by atoms with E-state index < -0.39 is 18.8 Å². The molecule has 0 spiro atoms. The molecule has 15 heavy (non-hydrogen) atoms. The normalized spacial score (nSPS) is 15.3. The van der Waals surface area contributed by atoms with Crippen molar-refractivity contribution < 1.29 is 14.0 Å². The summed E-state index contributed by atoms with van der Waals surface area (Å²) in [5.41, 5.74) is 0.631. The summed E-state index contributed by atoms with van der Waals surface area (Å²) in [4.78, 5) is 0. The summed E-state index contributed by atoms with van der Waals surface area (Å²) in [6.07, 6.45) is -0.926. The Hall–Kier alpha value is -1.00. The predicted octanol–water partition coefficient (Wildman–Crippen LogP) is 2.26. The lowest BCUT2D eigenvalue weighted by Crippen LogP contribution is -2.31. The lowest BCUT2D eigenvalue weighted by Gasteiger charge is -2.20. The lowest BCUT2D eigenvalue weighted by atomic mass is 10.1. The third-order valence-corrected chi connectivity index (χ3v) is 2.23. The van der Waals surface area contributed by atoms with E-state index >= 15 is 0 Å². The molecule has 1 N–H and O–H groups in total. The molecule has 2 atom stereocenters. The van der Waals surface area contributed by atoms with E-state index in [1.807, 2.05) is 6.07 Å². The average molecular weight is 215 g/mol. The maximum Gasteiger partial charge on any atom is 0.107 e. The van der Waals surface area contributed by atoms with Gasteiger partial charge in [0.05, 0.1) is 18.7 Å². The van der Waals surface area contributed by atoms with E-state index in [1.54, 1.807) is 24.3 Å². The molecule has 0 saturated carbocycles. The molecular weight excluding hydrogens is 200 g/mol. The maximum atomic E-state index is 13.2. The van der Waals surface area contributed by atoms with Crippen LogP contribution >= 0.6 is 0 Å². The molecule has 0 aliphatic heterocycles. The highest BCUT2D eigenvalue weighted by Crippen LogP contribution is 2.15. The third-order valence-electron chi connectivity index (χ3n) is 2.23. The number of benzene rings is 1. The van der Waals surface area contributed by atoms with Crippen LogP contribution in [-0.4, -0.2) is 29.5 Å². The molecule has 2 nitrogen and oxygen atoms in total. The molecule has 0 saturated heterocycles. The second-order valence-corrected chi connectivity index (χ2v) is 3.51. The smallest absolute Gasteiger partial charge is 0.107 e. The van der Waals surface area contributed by atoms with Gasteiger partial charge in [0.2, 0.25) is 0 Å². The van der Waals surface area contributed by atoms with Crippen LogP contribution in [0.15, 0.2) is 30.3 Å². The number of aliphatic hydroxyl groups excluding tert-OH is 1.